The molecule has 0 saturated heterocycles. The fourth-order valence-corrected chi connectivity index (χ4v) is 3.26. The molecule has 2 heterocycles. The van der Waals surface area contributed by atoms with Gasteiger partial charge in [-0.15, -0.1) is 0 Å². The zero-order chi connectivity index (χ0) is 22.5. The number of nitrogens with zero attached hydrogens (tertiary/aromatic N) is 3. The number of benzene rings is 2. The Balaban J connectivity index is 1.42. The van der Waals surface area contributed by atoms with Gasteiger partial charge in [0.25, 0.3) is 11.1 Å². The minimum absolute atomic E-state index is 0.0159. The number of fused-ring (bicyclic) bond motifs is 1. The third-order valence-electron chi connectivity index (χ3n) is 4.89. The Labute approximate surface area is 182 Å². The molecule has 0 radical (unpaired) electrons. The number of ether oxygens (including phenoxy) is 1. The Kier molecular flexibility index (Phi) is 6.25. The van der Waals surface area contributed by atoms with Crippen LogP contribution in [0.15, 0.2) is 64.2 Å². The summed E-state index contributed by atoms with van der Waals surface area (Å²) >= 11 is 0. The summed E-state index contributed by atoms with van der Waals surface area (Å²) in [4.78, 5) is 29.3. The molecule has 0 bridgehead atoms. The zero-order valence-corrected chi connectivity index (χ0v) is 17.4. The van der Waals surface area contributed by atoms with Crippen LogP contribution < -0.4 is 15.6 Å². The molecule has 4 rings (SSSR count). The van der Waals surface area contributed by atoms with Gasteiger partial charge in [-0.3, -0.25) is 14.2 Å². The standard InChI is InChI=1S/C23H21FN4O4/c1-2-31-18-6-4-3-5-16(18)13-25-19(29)11-12-28-14-26-21-20(27-32-22(21)23(28)30)15-7-9-17(24)10-8-15/h3-10,14H,2,11-13H2,1H3,(H,25,29). The number of para-hydroxylation sites is 1. The Hall–Kier alpha value is -4.01. The normalized spacial score (nSPS) is 10.9. The van der Waals surface area contributed by atoms with Crippen LogP contribution in [0.4, 0.5) is 4.39 Å². The summed E-state index contributed by atoms with van der Waals surface area (Å²) in [5.74, 6) is 0.132. The summed E-state index contributed by atoms with van der Waals surface area (Å²) in [6.07, 6.45) is 1.44. The van der Waals surface area contributed by atoms with Crippen molar-refractivity contribution >= 4 is 17.0 Å². The average molecular weight is 436 g/mol. The van der Waals surface area contributed by atoms with Crippen molar-refractivity contribution in [3.63, 3.8) is 0 Å². The monoisotopic (exact) mass is 436 g/mol. The quantitative estimate of drug-likeness (QED) is 0.455. The predicted octanol–water partition coefficient (Wildman–Crippen LogP) is 3.30. The SMILES string of the molecule is CCOc1ccccc1CNC(=O)CCn1cnc2c(-c3ccc(F)cc3)noc2c1=O. The van der Waals surface area contributed by atoms with Gasteiger partial charge < -0.3 is 14.6 Å². The molecule has 2 aromatic heterocycles. The molecule has 1 N–H and O–H groups in total. The van der Waals surface area contributed by atoms with Crippen LogP contribution in [0, 0.1) is 5.82 Å². The van der Waals surface area contributed by atoms with Gasteiger partial charge in [0.1, 0.15) is 22.8 Å². The fourth-order valence-electron chi connectivity index (χ4n) is 3.26. The third kappa shape index (κ3) is 4.51. The number of amides is 1. The van der Waals surface area contributed by atoms with Gasteiger partial charge in [-0.25, -0.2) is 9.37 Å². The van der Waals surface area contributed by atoms with E-state index in [0.717, 1.165) is 11.3 Å². The van der Waals surface area contributed by atoms with Gasteiger partial charge in [0.05, 0.1) is 12.9 Å². The summed E-state index contributed by atoms with van der Waals surface area (Å²) in [5.41, 5.74) is 1.65. The number of hydrogen-bond donors (Lipinski definition) is 1. The van der Waals surface area contributed by atoms with E-state index in [1.165, 1.54) is 35.2 Å². The van der Waals surface area contributed by atoms with Crippen molar-refractivity contribution in [3.05, 3.63) is 76.6 Å². The summed E-state index contributed by atoms with van der Waals surface area (Å²) in [6, 6.07) is 13.1. The van der Waals surface area contributed by atoms with E-state index in [1.54, 1.807) is 0 Å². The number of halogens is 1. The number of carbonyl (C=O) groups excluding carboxylic acids is 1. The molecule has 1 amide bonds. The van der Waals surface area contributed by atoms with Crippen molar-refractivity contribution in [2.45, 2.75) is 26.4 Å². The molecule has 32 heavy (non-hydrogen) atoms. The lowest BCUT2D eigenvalue weighted by Gasteiger charge is -2.11. The van der Waals surface area contributed by atoms with Gasteiger partial charge in [0.2, 0.25) is 5.91 Å². The molecule has 0 spiro atoms. The van der Waals surface area contributed by atoms with E-state index in [9.17, 15) is 14.0 Å². The lowest BCUT2D eigenvalue weighted by Crippen LogP contribution is -2.27. The maximum absolute atomic E-state index is 13.2. The van der Waals surface area contributed by atoms with Gasteiger partial charge >= 0.3 is 0 Å². The largest absolute Gasteiger partial charge is 0.494 e. The van der Waals surface area contributed by atoms with E-state index < -0.39 is 5.56 Å². The van der Waals surface area contributed by atoms with Gasteiger partial charge in [0.15, 0.2) is 0 Å². The second-order valence-electron chi connectivity index (χ2n) is 7.03. The molecule has 4 aromatic rings. The highest BCUT2D eigenvalue weighted by Crippen LogP contribution is 2.24. The van der Waals surface area contributed by atoms with E-state index >= 15 is 0 Å². The van der Waals surface area contributed by atoms with E-state index in [2.05, 4.69) is 15.5 Å². The summed E-state index contributed by atoms with van der Waals surface area (Å²) in [7, 11) is 0. The lowest BCUT2D eigenvalue weighted by molar-refractivity contribution is -0.121. The fraction of sp³-hybridized carbons (Fsp3) is 0.217. The highest BCUT2D eigenvalue weighted by molar-refractivity contribution is 5.87. The van der Waals surface area contributed by atoms with Crippen molar-refractivity contribution < 1.29 is 18.4 Å². The number of nitrogens with one attached hydrogen (secondary N) is 1. The van der Waals surface area contributed by atoms with Gasteiger partial charge in [0, 0.05) is 30.6 Å². The molecule has 164 valence electrons. The first-order valence-electron chi connectivity index (χ1n) is 10.1. The molecule has 8 nitrogen and oxygen atoms in total. The zero-order valence-electron chi connectivity index (χ0n) is 17.4. The van der Waals surface area contributed by atoms with Crippen LogP contribution >= 0.6 is 0 Å². The molecular weight excluding hydrogens is 415 g/mol. The number of aryl methyl sites for hydroxylation is 1. The van der Waals surface area contributed by atoms with Gasteiger partial charge in [-0.05, 0) is 37.3 Å². The molecule has 2 aromatic carbocycles. The first kappa shape index (κ1) is 21.2. The minimum atomic E-state index is -0.439. The molecule has 0 saturated carbocycles. The predicted molar refractivity (Wildman–Crippen MR) is 116 cm³/mol. The molecule has 0 aliphatic heterocycles. The maximum Gasteiger partial charge on any atom is 0.299 e. The third-order valence-corrected chi connectivity index (χ3v) is 4.89. The number of rotatable bonds is 8. The Morgan fingerprint density at radius 2 is 1.97 bits per heavy atom. The van der Waals surface area contributed by atoms with E-state index in [4.69, 9.17) is 9.26 Å². The molecule has 0 fully saturated rings. The highest BCUT2D eigenvalue weighted by Gasteiger charge is 2.17. The van der Waals surface area contributed by atoms with Crippen LogP contribution in [0.3, 0.4) is 0 Å². The summed E-state index contributed by atoms with van der Waals surface area (Å²) < 4.78 is 25.2. The average Bonchev–Trinajstić information content (AvgIpc) is 3.24. The first-order valence-corrected chi connectivity index (χ1v) is 10.1. The van der Waals surface area contributed by atoms with Crippen LogP contribution in [-0.4, -0.2) is 27.2 Å². The first-order chi connectivity index (χ1) is 15.6. The molecule has 0 atom stereocenters. The second-order valence-corrected chi connectivity index (χ2v) is 7.03. The van der Waals surface area contributed by atoms with Crippen LogP contribution in [0.2, 0.25) is 0 Å². The van der Waals surface area contributed by atoms with Crippen molar-refractivity contribution in [2.24, 2.45) is 0 Å². The second kappa shape index (κ2) is 9.42. The lowest BCUT2D eigenvalue weighted by atomic mass is 10.1. The number of carbonyl (C=O) groups is 1. The Morgan fingerprint density at radius 3 is 2.75 bits per heavy atom. The van der Waals surface area contributed by atoms with Crippen LogP contribution in [0.5, 0.6) is 5.75 Å². The van der Waals surface area contributed by atoms with Crippen LogP contribution in [-0.2, 0) is 17.9 Å². The number of hydrogen-bond acceptors (Lipinski definition) is 6. The van der Waals surface area contributed by atoms with E-state index in [1.807, 2.05) is 31.2 Å². The van der Waals surface area contributed by atoms with Crippen molar-refractivity contribution in [3.8, 4) is 17.0 Å². The number of aromatic nitrogens is 3. The van der Waals surface area contributed by atoms with Crippen LogP contribution in [0.25, 0.3) is 22.4 Å². The molecule has 0 aliphatic rings. The summed E-state index contributed by atoms with van der Waals surface area (Å²) in [6.45, 7) is 2.89. The maximum atomic E-state index is 13.2. The van der Waals surface area contributed by atoms with E-state index in [-0.39, 0.29) is 35.8 Å². The highest BCUT2D eigenvalue weighted by atomic mass is 19.1. The molecular formula is C23H21FN4O4. The summed E-state index contributed by atoms with van der Waals surface area (Å²) in [5, 5.41) is 6.75. The molecule has 9 heteroatoms. The Bertz CT molecular complexity index is 1300. The van der Waals surface area contributed by atoms with Gasteiger partial charge in [-0.2, -0.15) is 0 Å². The van der Waals surface area contributed by atoms with Crippen molar-refractivity contribution in [1.29, 1.82) is 0 Å². The smallest absolute Gasteiger partial charge is 0.299 e. The topological polar surface area (TPSA) is 99.2 Å². The molecule has 0 aliphatic carbocycles. The van der Waals surface area contributed by atoms with Crippen molar-refractivity contribution in [2.75, 3.05) is 6.61 Å². The van der Waals surface area contributed by atoms with Crippen molar-refractivity contribution in [1.82, 2.24) is 20.0 Å². The Morgan fingerprint density at radius 1 is 1.19 bits per heavy atom. The minimum Gasteiger partial charge on any atom is -0.494 e. The van der Waals surface area contributed by atoms with Crippen LogP contribution in [0.1, 0.15) is 18.9 Å². The van der Waals surface area contributed by atoms with E-state index in [0.29, 0.717) is 24.4 Å². The molecule has 0 unspecified atom stereocenters. The van der Waals surface area contributed by atoms with Gasteiger partial charge in [-0.1, -0.05) is 23.4 Å².